The van der Waals surface area contributed by atoms with Crippen LogP contribution >= 0.6 is 0 Å². The van der Waals surface area contributed by atoms with Crippen molar-refractivity contribution in [1.82, 2.24) is 5.43 Å². The molecule has 6 heteroatoms. The predicted octanol–water partition coefficient (Wildman–Crippen LogP) is 2.95. The lowest BCUT2D eigenvalue weighted by molar-refractivity contribution is 0.0955. The highest BCUT2D eigenvalue weighted by Gasteiger charge is 2.05. The van der Waals surface area contributed by atoms with Crippen LogP contribution in [0.2, 0.25) is 0 Å². The molecule has 1 amide bonds. The highest BCUT2D eigenvalue weighted by atomic mass is 16.5. The summed E-state index contributed by atoms with van der Waals surface area (Å²) in [6.45, 7) is 4.86. The lowest BCUT2D eigenvalue weighted by Crippen LogP contribution is -2.17. The second-order valence-electron chi connectivity index (χ2n) is 4.81. The molecule has 0 fully saturated rings. The van der Waals surface area contributed by atoms with Gasteiger partial charge in [0.15, 0.2) is 0 Å². The molecule has 0 atom stereocenters. The van der Waals surface area contributed by atoms with E-state index in [1.807, 2.05) is 13.8 Å². The van der Waals surface area contributed by atoms with Crippen LogP contribution in [0.1, 0.15) is 29.8 Å². The first-order valence-electron chi connectivity index (χ1n) is 7.66. The van der Waals surface area contributed by atoms with Crippen LogP contribution in [0.3, 0.4) is 0 Å². The minimum Gasteiger partial charge on any atom is -0.507 e. The van der Waals surface area contributed by atoms with Gasteiger partial charge in [-0.15, -0.1) is 0 Å². The summed E-state index contributed by atoms with van der Waals surface area (Å²) in [6.07, 6.45) is 1.37. The van der Waals surface area contributed by atoms with Crippen LogP contribution in [-0.2, 0) is 0 Å². The molecule has 2 N–H and O–H groups in total. The Hall–Kier alpha value is -3.02. The molecule has 0 bridgehead atoms. The van der Waals surface area contributed by atoms with E-state index in [4.69, 9.17) is 9.47 Å². The summed E-state index contributed by atoms with van der Waals surface area (Å²) in [4.78, 5) is 12.0. The molecule has 0 aliphatic rings. The number of hydrazone groups is 1. The number of carbonyl (C=O) groups excluding carboxylic acids is 1. The number of ether oxygens (including phenoxy) is 2. The Labute approximate surface area is 140 Å². The third kappa shape index (κ3) is 4.74. The molecular formula is C18H20N2O4. The maximum atomic E-state index is 12.0. The number of carbonyl (C=O) groups is 1. The summed E-state index contributed by atoms with van der Waals surface area (Å²) in [5, 5.41) is 13.7. The van der Waals surface area contributed by atoms with Gasteiger partial charge in [0.05, 0.1) is 19.4 Å². The number of hydrogen-bond donors (Lipinski definition) is 2. The Morgan fingerprint density at radius 3 is 2.38 bits per heavy atom. The van der Waals surface area contributed by atoms with Crippen molar-refractivity contribution in [3.8, 4) is 17.2 Å². The molecule has 24 heavy (non-hydrogen) atoms. The van der Waals surface area contributed by atoms with Crippen LogP contribution in [0.4, 0.5) is 0 Å². The van der Waals surface area contributed by atoms with Gasteiger partial charge in [-0.3, -0.25) is 4.79 Å². The van der Waals surface area contributed by atoms with Gasteiger partial charge < -0.3 is 14.6 Å². The molecule has 2 rings (SSSR count). The number of phenols is 1. The lowest BCUT2D eigenvalue weighted by atomic mass is 10.2. The number of aromatic hydroxyl groups is 1. The fourth-order valence-corrected chi connectivity index (χ4v) is 1.99. The molecule has 0 saturated heterocycles. The molecule has 0 aliphatic carbocycles. The molecule has 0 heterocycles. The third-order valence-electron chi connectivity index (χ3n) is 3.11. The highest BCUT2D eigenvalue weighted by molar-refractivity contribution is 5.95. The zero-order valence-electron chi connectivity index (χ0n) is 13.7. The summed E-state index contributed by atoms with van der Waals surface area (Å²) in [6, 6.07) is 11.6. The standard InChI is InChI=1S/C18H20N2O4/c1-3-23-15-7-5-13(6-8-15)18(22)20-19-12-14-11-16(24-4-2)9-10-17(14)21/h5-12,21H,3-4H2,1-2H3,(H,20,22)/b19-12-. The van der Waals surface area contributed by atoms with Crippen LogP contribution in [0.15, 0.2) is 47.6 Å². The molecule has 2 aromatic rings. The quantitative estimate of drug-likeness (QED) is 0.605. The molecule has 0 aliphatic heterocycles. The third-order valence-corrected chi connectivity index (χ3v) is 3.11. The van der Waals surface area contributed by atoms with E-state index < -0.39 is 0 Å². The highest BCUT2D eigenvalue weighted by Crippen LogP contribution is 2.21. The van der Waals surface area contributed by atoms with Gasteiger partial charge in [-0.2, -0.15) is 5.10 Å². The Morgan fingerprint density at radius 2 is 1.71 bits per heavy atom. The lowest BCUT2D eigenvalue weighted by Gasteiger charge is -2.05. The second kappa shape index (κ2) is 8.57. The molecule has 0 spiro atoms. The molecule has 0 radical (unpaired) electrons. The average molecular weight is 328 g/mol. The van der Waals surface area contributed by atoms with Crippen molar-refractivity contribution < 1.29 is 19.4 Å². The zero-order valence-corrected chi connectivity index (χ0v) is 13.7. The van der Waals surface area contributed by atoms with E-state index in [-0.39, 0.29) is 11.7 Å². The fourth-order valence-electron chi connectivity index (χ4n) is 1.99. The molecular weight excluding hydrogens is 308 g/mol. The second-order valence-corrected chi connectivity index (χ2v) is 4.81. The fraction of sp³-hybridized carbons (Fsp3) is 0.222. The van der Waals surface area contributed by atoms with Gasteiger partial charge in [-0.25, -0.2) is 5.43 Å². The summed E-state index contributed by atoms with van der Waals surface area (Å²) in [5.41, 5.74) is 3.33. The van der Waals surface area contributed by atoms with E-state index >= 15 is 0 Å². The van der Waals surface area contributed by atoms with E-state index in [1.54, 1.807) is 36.4 Å². The first-order chi connectivity index (χ1) is 11.6. The van der Waals surface area contributed by atoms with Gasteiger partial charge in [-0.05, 0) is 56.3 Å². The first kappa shape index (κ1) is 17.3. The smallest absolute Gasteiger partial charge is 0.271 e. The van der Waals surface area contributed by atoms with Crippen LogP contribution in [0, 0.1) is 0 Å². The number of benzene rings is 2. The van der Waals surface area contributed by atoms with Crippen molar-refractivity contribution in [2.75, 3.05) is 13.2 Å². The van der Waals surface area contributed by atoms with Crippen LogP contribution < -0.4 is 14.9 Å². The Kier molecular flexibility index (Phi) is 6.19. The Balaban J connectivity index is 2.00. The van der Waals surface area contributed by atoms with E-state index in [0.29, 0.717) is 35.8 Å². The number of nitrogens with zero attached hydrogens (tertiary/aromatic N) is 1. The van der Waals surface area contributed by atoms with Gasteiger partial charge in [0.2, 0.25) is 0 Å². The van der Waals surface area contributed by atoms with E-state index in [1.165, 1.54) is 12.3 Å². The van der Waals surface area contributed by atoms with Gasteiger partial charge in [0, 0.05) is 11.1 Å². The van der Waals surface area contributed by atoms with E-state index in [0.717, 1.165) is 0 Å². The van der Waals surface area contributed by atoms with E-state index in [2.05, 4.69) is 10.5 Å². The largest absolute Gasteiger partial charge is 0.507 e. The van der Waals surface area contributed by atoms with Gasteiger partial charge in [0.1, 0.15) is 17.2 Å². The van der Waals surface area contributed by atoms with Crippen LogP contribution in [0.5, 0.6) is 17.2 Å². The maximum Gasteiger partial charge on any atom is 0.271 e. The van der Waals surface area contributed by atoms with Gasteiger partial charge >= 0.3 is 0 Å². The minimum absolute atomic E-state index is 0.0533. The van der Waals surface area contributed by atoms with E-state index in [9.17, 15) is 9.90 Å². The summed E-state index contributed by atoms with van der Waals surface area (Å²) in [7, 11) is 0. The monoisotopic (exact) mass is 328 g/mol. The van der Waals surface area contributed by atoms with Crippen molar-refractivity contribution in [2.24, 2.45) is 5.10 Å². The summed E-state index contributed by atoms with van der Waals surface area (Å²) in [5.74, 6) is 1.03. The van der Waals surface area contributed by atoms with Crippen molar-refractivity contribution in [3.63, 3.8) is 0 Å². The maximum absolute atomic E-state index is 12.0. The molecule has 126 valence electrons. The van der Waals surface area contributed by atoms with Crippen molar-refractivity contribution in [1.29, 1.82) is 0 Å². The van der Waals surface area contributed by atoms with Crippen LogP contribution in [0.25, 0.3) is 0 Å². The minimum atomic E-state index is -0.352. The molecule has 0 aromatic heterocycles. The number of rotatable bonds is 7. The molecule has 6 nitrogen and oxygen atoms in total. The van der Waals surface area contributed by atoms with Crippen molar-refractivity contribution in [3.05, 3.63) is 53.6 Å². The topological polar surface area (TPSA) is 80.2 Å². The number of nitrogens with one attached hydrogen (secondary N) is 1. The molecule has 0 unspecified atom stereocenters. The number of amides is 1. The predicted molar refractivity (Wildman–Crippen MR) is 91.9 cm³/mol. The van der Waals surface area contributed by atoms with Crippen LogP contribution in [-0.4, -0.2) is 30.4 Å². The first-order valence-corrected chi connectivity index (χ1v) is 7.66. The Morgan fingerprint density at radius 1 is 1.08 bits per heavy atom. The normalized spacial score (nSPS) is 10.6. The van der Waals surface area contributed by atoms with Crippen molar-refractivity contribution in [2.45, 2.75) is 13.8 Å². The number of hydrogen-bond acceptors (Lipinski definition) is 5. The zero-order chi connectivity index (χ0) is 17.4. The average Bonchev–Trinajstić information content (AvgIpc) is 2.59. The van der Waals surface area contributed by atoms with Gasteiger partial charge in [0.25, 0.3) is 5.91 Å². The van der Waals surface area contributed by atoms with Crippen molar-refractivity contribution >= 4 is 12.1 Å². The molecule has 0 saturated carbocycles. The SMILES string of the molecule is CCOc1ccc(C(=O)N/N=C\c2cc(OCC)ccc2O)cc1. The summed E-state index contributed by atoms with van der Waals surface area (Å²) < 4.78 is 10.7. The summed E-state index contributed by atoms with van der Waals surface area (Å²) >= 11 is 0. The van der Waals surface area contributed by atoms with Gasteiger partial charge in [-0.1, -0.05) is 0 Å². The number of phenolic OH excluding ortho intramolecular Hbond substituents is 1. The molecule has 2 aromatic carbocycles. The Bertz CT molecular complexity index is 711.